The van der Waals surface area contributed by atoms with Gasteiger partial charge in [-0.1, -0.05) is 29.8 Å². The number of ether oxygens (including phenoxy) is 1. The number of carbonyl (C=O) groups is 1. The van der Waals surface area contributed by atoms with Gasteiger partial charge in [-0.2, -0.15) is 0 Å². The largest absolute Gasteiger partial charge is 0.463 e. The highest BCUT2D eigenvalue weighted by atomic mass is 35.5. The molecule has 0 saturated carbocycles. The molecule has 2 unspecified atom stereocenters. The van der Waals surface area contributed by atoms with E-state index in [1.807, 2.05) is 6.07 Å². The average molecular weight is 369 g/mol. The molecule has 2 atom stereocenters. The third-order valence-electron chi connectivity index (χ3n) is 4.84. The SMILES string of the molecule is CCOC(=O)C1=CCCCC1S(=O)(=O)C1CCc2c(Cl)cccc21. The highest BCUT2D eigenvalue weighted by Crippen LogP contribution is 2.44. The predicted molar refractivity (Wildman–Crippen MR) is 93.8 cm³/mol. The van der Waals surface area contributed by atoms with Crippen LogP contribution in [-0.2, 0) is 25.8 Å². The second-order valence-electron chi connectivity index (χ2n) is 6.22. The van der Waals surface area contributed by atoms with Crippen molar-refractivity contribution in [2.75, 3.05) is 6.61 Å². The number of sulfone groups is 1. The Hall–Kier alpha value is -1.33. The minimum absolute atomic E-state index is 0.241. The summed E-state index contributed by atoms with van der Waals surface area (Å²) in [6.07, 6.45) is 4.87. The van der Waals surface area contributed by atoms with Crippen molar-refractivity contribution in [3.05, 3.63) is 46.0 Å². The number of hydrogen-bond donors (Lipinski definition) is 0. The van der Waals surface area contributed by atoms with Crippen LogP contribution in [0.5, 0.6) is 0 Å². The number of halogens is 1. The molecule has 0 saturated heterocycles. The van der Waals surface area contributed by atoms with Crippen molar-refractivity contribution in [2.45, 2.75) is 49.5 Å². The van der Waals surface area contributed by atoms with E-state index in [-0.39, 0.29) is 6.61 Å². The molecule has 0 spiro atoms. The van der Waals surface area contributed by atoms with Crippen LogP contribution in [0.4, 0.5) is 0 Å². The maximum atomic E-state index is 13.3. The Labute approximate surface area is 147 Å². The average Bonchev–Trinajstić information content (AvgIpc) is 3.01. The highest BCUT2D eigenvalue weighted by Gasteiger charge is 2.43. The monoisotopic (exact) mass is 368 g/mol. The summed E-state index contributed by atoms with van der Waals surface area (Å²) in [5.74, 6) is -0.505. The summed E-state index contributed by atoms with van der Waals surface area (Å²) in [6.45, 7) is 1.96. The summed E-state index contributed by atoms with van der Waals surface area (Å²) in [4.78, 5) is 12.2. The molecule has 0 heterocycles. The van der Waals surface area contributed by atoms with E-state index in [0.29, 0.717) is 36.3 Å². The standard InChI is InChI=1S/C18H21ClO4S/c1-2-23-18(20)14-6-3-4-9-16(14)24(21,22)17-11-10-12-13(17)7-5-8-15(12)19/h5-8,16-17H,2-4,9-11H2,1H3. The van der Waals surface area contributed by atoms with Gasteiger partial charge in [0, 0.05) is 5.02 Å². The van der Waals surface area contributed by atoms with Crippen LogP contribution in [0, 0.1) is 0 Å². The van der Waals surface area contributed by atoms with E-state index in [2.05, 4.69) is 0 Å². The Morgan fingerprint density at radius 1 is 1.29 bits per heavy atom. The third kappa shape index (κ3) is 3.00. The van der Waals surface area contributed by atoms with E-state index in [4.69, 9.17) is 16.3 Å². The van der Waals surface area contributed by atoms with Gasteiger partial charge in [0.15, 0.2) is 9.84 Å². The Morgan fingerprint density at radius 3 is 2.83 bits per heavy atom. The van der Waals surface area contributed by atoms with Crippen LogP contribution in [0.3, 0.4) is 0 Å². The van der Waals surface area contributed by atoms with Gasteiger partial charge in [0.05, 0.1) is 22.7 Å². The molecule has 1 aromatic rings. The van der Waals surface area contributed by atoms with Crippen molar-refractivity contribution in [3.8, 4) is 0 Å². The topological polar surface area (TPSA) is 60.4 Å². The van der Waals surface area contributed by atoms with E-state index < -0.39 is 26.3 Å². The van der Waals surface area contributed by atoms with Crippen LogP contribution < -0.4 is 0 Å². The van der Waals surface area contributed by atoms with Gasteiger partial charge >= 0.3 is 5.97 Å². The second kappa shape index (κ2) is 6.89. The lowest BCUT2D eigenvalue weighted by molar-refractivity contribution is -0.138. The first kappa shape index (κ1) is 17.5. The van der Waals surface area contributed by atoms with Crippen LogP contribution in [-0.4, -0.2) is 26.2 Å². The van der Waals surface area contributed by atoms with Gasteiger partial charge in [0.25, 0.3) is 0 Å². The molecule has 1 aromatic carbocycles. The Balaban J connectivity index is 1.97. The Morgan fingerprint density at radius 2 is 2.08 bits per heavy atom. The molecule has 130 valence electrons. The molecule has 0 fully saturated rings. The lowest BCUT2D eigenvalue weighted by Crippen LogP contribution is -2.33. The minimum atomic E-state index is -3.53. The van der Waals surface area contributed by atoms with Gasteiger partial charge in [-0.25, -0.2) is 13.2 Å². The summed E-state index contributed by atoms with van der Waals surface area (Å²) in [6, 6.07) is 5.42. The molecule has 3 rings (SSSR count). The molecule has 6 heteroatoms. The van der Waals surface area contributed by atoms with E-state index in [0.717, 1.165) is 17.5 Å². The first-order valence-corrected chi connectivity index (χ1v) is 10.3. The number of hydrogen-bond acceptors (Lipinski definition) is 4. The van der Waals surface area contributed by atoms with Crippen LogP contribution in [0.2, 0.25) is 5.02 Å². The molecular weight excluding hydrogens is 348 g/mol. The van der Waals surface area contributed by atoms with E-state index >= 15 is 0 Å². The zero-order valence-electron chi connectivity index (χ0n) is 13.6. The summed E-state index contributed by atoms with van der Waals surface area (Å²) in [7, 11) is -3.53. The van der Waals surface area contributed by atoms with Gasteiger partial charge in [0.1, 0.15) is 0 Å². The van der Waals surface area contributed by atoms with Crippen LogP contribution in [0.25, 0.3) is 0 Å². The van der Waals surface area contributed by atoms with Gasteiger partial charge < -0.3 is 4.74 Å². The fourth-order valence-corrected chi connectivity index (χ4v) is 6.47. The maximum Gasteiger partial charge on any atom is 0.335 e. The molecule has 2 aliphatic carbocycles. The number of allylic oxidation sites excluding steroid dienone is 1. The normalized spacial score (nSPS) is 23.5. The molecule has 2 aliphatic rings. The Kier molecular flexibility index (Phi) is 5.02. The zero-order chi connectivity index (χ0) is 17.3. The van der Waals surface area contributed by atoms with Gasteiger partial charge in [-0.3, -0.25) is 0 Å². The predicted octanol–water partition coefficient (Wildman–Crippen LogP) is 3.78. The molecule has 24 heavy (non-hydrogen) atoms. The van der Waals surface area contributed by atoms with Crippen molar-refractivity contribution in [1.29, 1.82) is 0 Å². The minimum Gasteiger partial charge on any atom is -0.463 e. The lowest BCUT2D eigenvalue weighted by Gasteiger charge is -2.26. The summed E-state index contributed by atoms with van der Waals surface area (Å²) >= 11 is 6.21. The third-order valence-corrected chi connectivity index (χ3v) is 7.76. The van der Waals surface area contributed by atoms with Crippen molar-refractivity contribution in [2.24, 2.45) is 0 Å². The summed E-state index contributed by atoms with van der Waals surface area (Å²) in [5, 5.41) is -0.748. The molecule has 0 aromatic heterocycles. The number of benzene rings is 1. The van der Waals surface area contributed by atoms with E-state index in [1.165, 1.54) is 0 Å². The summed E-state index contributed by atoms with van der Waals surface area (Å²) < 4.78 is 31.6. The van der Waals surface area contributed by atoms with Crippen molar-refractivity contribution in [1.82, 2.24) is 0 Å². The fraction of sp³-hybridized carbons (Fsp3) is 0.500. The van der Waals surface area contributed by atoms with Gasteiger partial charge in [-0.05, 0) is 56.2 Å². The molecule has 0 amide bonds. The number of esters is 1. The first-order valence-electron chi connectivity index (χ1n) is 8.34. The van der Waals surface area contributed by atoms with Crippen molar-refractivity contribution >= 4 is 27.4 Å². The smallest absolute Gasteiger partial charge is 0.335 e. The first-order chi connectivity index (χ1) is 11.5. The molecule has 4 nitrogen and oxygen atoms in total. The second-order valence-corrected chi connectivity index (χ2v) is 8.95. The Bertz CT molecular complexity index is 782. The molecule has 0 radical (unpaired) electrons. The molecule has 0 aliphatic heterocycles. The van der Waals surface area contributed by atoms with Crippen LogP contribution >= 0.6 is 11.6 Å². The molecule has 0 N–H and O–H groups in total. The van der Waals surface area contributed by atoms with Gasteiger partial charge in [-0.15, -0.1) is 0 Å². The number of fused-ring (bicyclic) bond motifs is 1. The van der Waals surface area contributed by atoms with Crippen molar-refractivity contribution < 1.29 is 17.9 Å². The van der Waals surface area contributed by atoms with E-state index in [1.54, 1.807) is 25.1 Å². The number of rotatable bonds is 4. The molecular formula is C18H21ClO4S. The number of carbonyl (C=O) groups excluding carboxylic acids is 1. The van der Waals surface area contributed by atoms with Crippen molar-refractivity contribution in [3.63, 3.8) is 0 Å². The highest BCUT2D eigenvalue weighted by molar-refractivity contribution is 7.92. The lowest BCUT2D eigenvalue weighted by atomic mass is 9.99. The van der Waals surface area contributed by atoms with E-state index in [9.17, 15) is 13.2 Å². The van der Waals surface area contributed by atoms with Gasteiger partial charge in [0.2, 0.25) is 0 Å². The quantitative estimate of drug-likeness (QED) is 0.759. The van der Waals surface area contributed by atoms with Crippen LogP contribution in [0.1, 0.15) is 49.0 Å². The zero-order valence-corrected chi connectivity index (χ0v) is 15.2. The van der Waals surface area contributed by atoms with Crippen LogP contribution in [0.15, 0.2) is 29.8 Å². The molecule has 0 bridgehead atoms. The fourth-order valence-electron chi connectivity index (χ4n) is 3.73. The summed E-state index contributed by atoms with van der Waals surface area (Å²) in [5.41, 5.74) is 2.01. The maximum absolute atomic E-state index is 13.3.